The molecule has 6 rings (SSSR count). The number of phenolic OH excluding ortho intramolecular Hbond substituents is 1. The van der Waals surface area contributed by atoms with Crippen LogP contribution in [0.1, 0.15) is 29.9 Å². The molecule has 24 heteroatoms. The van der Waals surface area contributed by atoms with Crippen molar-refractivity contribution in [3.63, 3.8) is 0 Å². The van der Waals surface area contributed by atoms with Crippen molar-refractivity contribution in [3.05, 3.63) is 175 Å². The fourth-order valence-electron chi connectivity index (χ4n) is 4.80. The van der Waals surface area contributed by atoms with Crippen molar-refractivity contribution in [2.75, 3.05) is 47.0 Å². The number of phenols is 1. The monoisotopic (exact) mass is 1040 g/mol. The van der Waals surface area contributed by atoms with Gasteiger partial charge in [-0.2, -0.15) is 0 Å². The number of aromatic nitrogens is 1. The molecular weight excluding hydrogens is 989 g/mol. The van der Waals surface area contributed by atoms with Gasteiger partial charge in [0.25, 0.3) is 0 Å². The Morgan fingerprint density at radius 3 is 1.48 bits per heavy atom. The number of allylic oxidation sites excluding steroid dienone is 1. The number of nitrogens with two attached hydrogens (primary N) is 2. The number of hydrogen-bond donors (Lipinski definition) is 4. The van der Waals surface area contributed by atoms with Crippen LogP contribution in [-0.2, 0) is 22.4 Å². The normalized spacial score (nSPS) is 9.61. The fourth-order valence-corrected chi connectivity index (χ4v) is 5.67. The molecule has 0 aliphatic carbocycles. The van der Waals surface area contributed by atoms with Gasteiger partial charge in [-0.3, -0.25) is 25.0 Å². The van der Waals surface area contributed by atoms with E-state index in [0.29, 0.717) is 58.7 Å². The zero-order valence-electron chi connectivity index (χ0n) is 39.3. The van der Waals surface area contributed by atoms with Gasteiger partial charge in [0.1, 0.15) is 58.9 Å². The molecule has 71 heavy (non-hydrogen) atoms. The van der Waals surface area contributed by atoms with Crippen LogP contribution in [-0.4, -0.2) is 78.5 Å². The molecule has 0 bridgehead atoms. The number of alkyl halides is 1. The summed E-state index contributed by atoms with van der Waals surface area (Å²) >= 11 is 7.03. The minimum atomic E-state index is -0.849. The predicted octanol–water partition coefficient (Wildman–Crippen LogP) is 10.3. The van der Waals surface area contributed by atoms with E-state index < -0.39 is 38.3 Å². The number of benzene rings is 5. The SMILES string of the molecule is C=CC=O.CC.CO.COc1ccc(F)cc1CC(Cl)C=O.COc1ccc(F)cc1Cc1cnc(N)s1.COc1ccc(F)cc1N.COc1ccc(F)cc1[N+](=O)[O-].O=[N+]([O-])c1cc(F)ccc1O. The Labute approximate surface area is 415 Å². The lowest BCUT2D eigenvalue weighted by Crippen LogP contribution is -2.06. The minimum Gasteiger partial charge on any atom is -0.502 e. The number of aliphatic hydroxyl groups is 1. The quantitative estimate of drug-likeness (QED) is 0.0169. The Morgan fingerprint density at radius 1 is 0.690 bits per heavy atom. The Hall–Kier alpha value is -7.89. The van der Waals surface area contributed by atoms with Crippen LogP contribution in [0.25, 0.3) is 0 Å². The van der Waals surface area contributed by atoms with E-state index in [4.69, 9.17) is 52.3 Å². The maximum Gasteiger partial charge on any atom is 0.313 e. The summed E-state index contributed by atoms with van der Waals surface area (Å²) in [7, 11) is 6.84. The number of nitrogen functional groups attached to an aromatic ring is 2. The number of halogens is 6. The van der Waals surface area contributed by atoms with Gasteiger partial charge in [0.05, 0.1) is 61.5 Å². The second kappa shape index (κ2) is 37.1. The van der Waals surface area contributed by atoms with Crippen LogP contribution in [0.5, 0.6) is 28.7 Å². The van der Waals surface area contributed by atoms with Crippen LogP contribution in [0.4, 0.5) is 44.1 Å². The summed E-state index contributed by atoms with van der Waals surface area (Å²) in [5, 5.41) is 36.0. The van der Waals surface area contributed by atoms with Crippen LogP contribution in [0.15, 0.2) is 110 Å². The van der Waals surface area contributed by atoms with E-state index in [9.17, 15) is 47.0 Å². The molecule has 0 radical (unpaired) electrons. The number of thiazole rings is 1. The second-order valence-electron chi connectivity index (χ2n) is 12.3. The summed E-state index contributed by atoms with van der Waals surface area (Å²) in [6.45, 7) is 7.11. The molecule has 0 spiro atoms. The van der Waals surface area contributed by atoms with Crippen molar-refractivity contribution in [1.29, 1.82) is 0 Å². The minimum absolute atomic E-state index is 0.0569. The predicted molar refractivity (Wildman–Crippen MR) is 262 cm³/mol. The van der Waals surface area contributed by atoms with Crippen LogP contribution in [0.3, 0.4) is 0 Å². The number of aliphatic hydroxyl groups excluding tert-OH is 1. The van der Waals surface area contributed by atoms with Crippen LogP contribution in [0, 0.1) is 49.3 Å². The summed E-state index contributed by atoms with van der Waals surface area (Å²) in [5.74, 6) is -1.13. The third-order valence-corrected chi connectivity index (χ3v) is 8.83. The molecule has 0 saturated heterocycles. The highest BCUT2D eigenvalue weighted by molar-refractivity contribution is 7.15. The van der Waals surface area contributed by atoms with Crippen molar-refractivity contribution >= 4 is 57.7 Å². The Morgan fingerprint density at radius 2 is 1.08 bits per heavy atom. The Balaban J connectivity index is 0. The van der Waals surface area contributed by atoms with Crippen molar-refractivity contribution in [2.45, 2.75) is 32.1 Å². The van der Waals surface area contributed by atoms with Gasteiger partial charge >= 0.3 is 11.4 Å². The molecule has 5 aromatic carbocycles. The highest BCUT2D eigenvalue weighted by atomic mass is 35.5. The molecular formula is C47H53ClF5N5O12S. The fraction of sp³-hybridized carbons (Fsp3) is 0.213. The molecule has 6 N–H and O–H groups in total. The number of carbonyl (C=O) groups is 2. The molecule has 17 nitrogen and oxygen atoms in total. The summed E-state index contributed by atoms with van der Waals surface area (Å²) < 4.78 is 82.7. The van der Waals surface area contributed by atoms with Gasteiger partial charge in [-0.25, -0.2) is 26.9 Å². The lowest BCUT2D eigenvalue weighted by Gasteiger charge is -2.08. The smallest absolute Gasteiger partial charge is 0.313 e. The summed E-state index contributed by atoms with van der Waals surface area (Å²) in [5.41, 5.74) is 11.6. The number of rotatable bonds is 12. The maximum absolute atomic E-state index is 13.1. The number of aromatic hydroxyl groups is 1. The van der Waals surface area contributed by atoms with Crippen LogP contribution < -0.4 is 30.4 Å². The molecule has 0 saturated carbocycles. The number of carbonyl (C=O) groups excluding carboxylic acids is 2. The molecule has 1 atom stereocenters. The van der Waals surface area contributed by atoms with Crippen LogP contribution in [0.2, 0.25) is 0 Å². The lowest BCUT2D eigenvalue weighted by molar-refractivity contribution is -0.386. The first-order valence-corrected chi connectivity index (χ1v) is 21.2. The lowest BCUT2D eigenvalue weighted by atomic mass is 10.1. The highest BCUT2D eigenvalue weighted by Crippen LogP contribution is 2.28. The van der Waals surface area contributed by atoms with Crippen molar-refractivity contribution in [2.24, 2.45) is 0 Å². The molecule has 1 unspecified atom stereocenters. The van der Waals surface area contributed by atoms with Gasteiger partial charge in [0.15, 0.2) is 16.6 Å². The van der Waals surface area contributed by atoms with Gasteiger partial charge in [0.2, 0.25) is 0 Å². The number of nitro benzene ring substituents is 2. The van der Waals surface area contributed by atoms with Crippen molar-refractivity contribution in [3.8, 4) is 28.7 Å². The molecule has 1 heterocycles. The van der Waals surface area contributed by atoms with E-state index in [0.717, 1.165) is 41.8 Å². The maximum atomic E-state index is 13.1. The molecule has 0 fully saturated rings. The van der Waals surface area contributed by atoms with Gasteiger partial charge < -0.3 is 45.4 Å². The standard InChI is InChI=1S/C11H11FN2OS.C10H10ClFO2.C7H6FNO3.C7H8FNO.C6H4FNO3.C3H4O.C2H6.CH4O/c1-15-10-3-2-8(12)4-7(10)5-9-6-14-11(13)16-9;1-14-10-3-2-9(12)5-7(10)4-8(11)6-13;1-12-7-3-2-5(8)4-6(7)9(10)11;1-10-7-3-2-5(8)4-6(7)9;7-4-1-2-6(9)5(3-4)8(10)11;1-2-3-4;2*1-2/h2-4,6H,5H2,1H3,(H2,13,14);2-3,5-6,8H,4H2,1H3;2-4H,1H3;2-4H,9H2,1H3;1-3,9H;2-3H,1H2;1-2H3;2H,1H3. The average molecular weight is 1040 g/mol. The first kappa shape index (κ1) is 65.2. The number of aldehydes is 2. The summed E-state index contributed by atoms with van der Waals surface area (Å²) in [6, 6.07) is 18.3. The third-order valence-electron chi connectivity index (χ3n) is 7.74. The molecule has 386 valence electrons. The molecule has 1 aromatic heterocycles. The topological polar surface area (TPSA) is 263 Å². The Kier molecular flexibility index (Phi) is 34.0. The van der Waals surface area contributed by atoms with E-state index in [1.165, 1.54) is 93.3 Å². The van der Waals surface area contributed by atoms with Gasteiger partial charge in [-0.15, -0.1) is 22.9 Å². The first-order valence-electron chi connectivity index (χ1n) is 19.9. The third kappa shape index (κ3) is 25.9. The van der Waals surface area contributed by atoms with E-state index in [1.54, 1.807) is 19.4 Å². The Bertz CT molecular complexity index is 2560. The largest absolute Gasteiger partial charge is 0.502 e. The number of nitrogens with zero attached hydrogens (tertiary/aromatic N) is 3. The van der Waals surface area contributed by atoms with Crippen LogP contribution >= 0.6 is 22.9 Å². The zero-order valence-corrected chi connectivity index (χ0v) is 40.9. The molecule has 0 amide bonds. The van der Waals surface area contributed by atoms with Gasteiger partial charge in [-0.05, 0) is 90.9 Å². The van der Waals surface area contributed by atoms with Crippen molar-refractivity contribution < 1.29 is 70.5 Å². The first-order chi connectivity index (χ1) is 33.8. The number of ether oxygens (including phenoxy) is 4. The number of methoxy groups -OCH3 is 4. The average Bonchev–Trinajstić information content (AvgIpc) is 3.78. The van der Waals surface area contributed by atoms with E-state index in [1.807, 2.05) is 13.8 Å². The number of hydrogen-bond acceptors (Lipinski definition) is 16. The van der Waals surface area contributed by atoms with Crippen molar-refractivity contribution in [1.82, 2.24) is 4.98 Å². The summed E-state index contributed by atoms with van der Waals surface area (Å²) in [6.07, 6.45) is 5.00. The van der Waals surface area contributed by atoms with Gasteiger partial charge in [-0.1, -0.05) is 20.4 Å². The second-order valence-corrected chi connectivity index (χ2v) is 14.0. The summed E-state index contributed by atoms with van der Waals surface area (Å²) in [4.78, 5) is 43.1. The van der Waals surface area contributed by atoms with Gasteiger partial charge in [0, 0.05) is 36.2 Å². The molecule has 0 aliphatic heterocycles. The zero-order chi connectivity index (χ0) is 54.6. The number of nitro groups is 2. The number of anilines is 2. The van der Waals surface area contributed by atoms with E-state index >= 15 is 0 Å². The van der Waals surface area contributed by atoms with E-state index in [2.05, 4.69) is 16.3 Å². The molecule has 0 aliphatic rings. The van der Waals surface area contributed by atoms with E-state index in [-0.39, 0.29) is 35.3 Å². The highest BCUT2D eigenvalue weighted by Gasteiger charge is 2.15. The molecule has 6 aromatic rings.